The molecule has 1 atom stereocenters. The van der Waals surface area contributed by atoms with Gasteiger partial charge in [-0.15, -0.1) is 0 Å². The van der Waals surface area contributed by atoms with Crippen LogP contribution >= 0.6 is 0 Å². The van der Waals surface area contributed by atoms with E-state index in [2.05, 4.69) is 19.7 Å². The minimum absolute atomic E-state index is 0.0394. The van der Waals surface area contributed by atoms with Crippen LogP contribution in [0.1, 0.15) is 24.7 Å². The molecule has 0 spiro atoms. The molecule has 9 nitrogen and oxygen atoms in total. The lowest BCUT2D eigenvalue weighted by atomic mass is 10.2. The second kappa shape index (κ2) is 5.92. The molecule has 1 fully saturated rings. The van der Waals surface area contributed by atoms with Crippen molar-refractivity contribution in [3.8, 4) is 0 Å². The lowest BCUT2D eigenvalue weighted by molar-refractivity contribution is 0.500. The van der Waals surface area contributed by atoms with Gasteiger partial charge in [0.2, 0.25) is 10.0 Å². The van der Waals surface area contributed by atoms with Crippen LogP contribution in [0.25, 0.3) is 10.9 Å². The highest BCUT2D eigenvalue weighted by Crippen LogP contribution is 2.41. The molecule has 1 aliphatic rings. The Morgan fingerprint density at radius 1 is 1.27 bits per heavy atom. The fraction of sp³-hybridized carbons (Fsp3) is 0.312. The smallest absolute Gasteiger partial charge is 0.326 e. The second-order valence-corrected chi connectivity index (χ2v) is 8.16. The number of aromatic amines is 2. The van der Waals surface area contributed by atoms with Crippen LogP contribution in [0.2, 0.25) is 0 Å². The Kier molecular flexibility index (Phi) is 3.81. The number of nitrogens with one attached hydrogen (secondary N) is 3. The molecular weight excluding hydrogens is 358 g/mol. The topological polar surface area (TPSA) is 130 Å². The number of aromatic nitrogens is 4. The van der Waals surface area contributed by atoms with E-state index in [1.165, 1.54) is 18.2 Å². The summed E-state index contributed by atoms with van der Waals surface area (Å²) in [5.41, 5.74) is -0.996. The highest BCUT2D eigenvalue weighted by molar-refractivity contribution is 7.89. The Morgan fingerprint density at radius 3 is 2.69 bits per heavy atom. The summed E-state index contributed by atoms with van der Waals surface area (Å²) >= 11 is 0. The predicted molar refractivity (Wildman–Crippen MR) is 94.2 cm³/mol. The Morgan fingerprint density at radius 2 is 2.04 bits per heavy atom. The molecule has 1 unspecified atom stereocenters. The normalized spacial score (nSPS) is 16.0. The minimum Gasteiger partial charge on any atom is -0.337 e. The first kappa shape index (κ1) is 16.7. The van der Waals surface area contributed by atoms with E-state index in [0.717, 1.165) is 12.8 Å². The van der Waals surface area contributed by atoms with Crippen LogP contribution in [0.3, 0.4) is 0 Å². The third-order valence-corrected chi connectivity index (χ3v) is 5.97. The number of fused-ring (bicyclic) bond motifs is 1. The molecule has 1 saturated carbocycles. The fourth-order valence-corrected chi connectivity index (χ4v) is 4.30. The monoisotopic (exact) mass is 375 g/mol. The van der Waals surface area contributed by atoms with Gasteiger partial charge in [0.05, 0.1) is 21.8 Å². The zero-order valence-electron chi connectivity index (χ0n) is 13.9. The number of hydrogen-bond donors (Lipinski definition) is 3. The van der Waals surface area contributed by atoms with E-state index in [0.29, 0.717) is 5.82 Å². The molecule has 4 rings (SSSR count). The van der Waals surface area contributed by atoms with E-state index in [9.17, 15) is 18.0 Å². The molecule has 2 heterocycles. The maximum absolute atomic E-state index is 12.9. The SMILES string of the molecule is Cn1ccnc1C(NS(=O)(=O)c1ccc2[nH]c(=O)[nH]c(=O)c2c1)C1CC1. The maximum atomic E-state index is 12.9. The van der Waals surface area contributed by atoms with Crippen LogP contribution in [0.5, 0.6) is 0 Å². The highest BCUT2D eigenvalue weighted by Gasteiger charge is 2.37. The first-order valence-corrected chi connectivity index (χ1v) is 9.59. The van der Waals surface area contributed by atoms with Crippen LogP contribution in [0, 0.1) is 5.92 Å². The molecular formula is C16H17N5O4S. The summed E-state index contributed by atoms with van der Waals surface area (Å²) in [4.78, 5) is 32.1. The van der Waals surface area contributed by atoms with Crippen molar-refractivity contribution >= 4 is 20.9 Å². The number of nitrogens with zero attached hydrogens (tertiary/aromatic N) is 2. The van der Waals surface area contributed by atoms with Crippen LogP contribution in [0.15, 0.2) is 45.1 Å². The van der Waals surface area contributed by atoms with Crippen LogP contribution in [-0.2, 0) is 17.1 Å². The molecule has 1 aliphatic carbocycles. The standard InChI is InChI=1S/C16H17N5O4S/c1-21-7-6-17-14(21)13(9-2-3-9)20-26(24,25)10-4-5-12-11(8-10)15(22)19-16(23)18-12/h4-9,13,20H,2-3H2,1H3,(H2,18,19,22,23). The van der Waals surface area contributed by atoms with Crippen molar-refractivity contribution < 1.29 is 8.42 Å². The molecule has 10 heteroatoms. The van der Waals surface area contributed by atoms with Gasteiger partial charge < -0.3 is 9.55 Å². The number of sulfonamides is 1. The predicted octanol–water partition coefficient (Wildman–Crippen LogP) is 0.379. The fourth-order valence-electron chi connectivity index (χ4n) is 3.01. The van der Waals surface area contributed by atoms with Crippen molar-refractivity contribution in [3.63, 3.8) is 0 Å². The molecule has 2 aromatic heterocycles. The Labute approximate surface area is 148 Å². The van der Waals surface area contributed by atoms with E-state index in [4.69, 9.17) is 0 Å². The van der Waals surface area contributed by atoms with Gasteiger partial charge >= 0.3 is 5.69 Å². The first-order valence-electron chi connectivity index (χ1n) is 8.11. The number of H-pyrrole nitrogens is 2. The van der Waals surface area contributed by atoms with Crippen LogP contribution in [0.4, 0.5) is 0 Å². The summed E-state index contributed by atoms with van der Waals surface area (Å²) in [6.45, 7) is 0. The van der Waals surface area contributed by atoms with E-state index >= 15 is 0 Å². The molecule has 3 N–H and O–H groups in total. The van der Waals surface area contributed by atoms with Crippen molar-refractivity contribution in [2.24, 2.45) is 13.0 Å². The zero-order chi connectivity index (χ0) is 18.5. The molecule has 0 saturated heterocycles. The van der Waals surface area contributed by atoms with E-state index in [-0.39, 0.29) is 21.7 Å². The van der Waals surface area contributed by atoms with Crippen molar-refractivity contribution in [1.82, 2.24) is 24.2 Å². The lowest BCUT2D eigenvalue weighted by Gasteiger charge is -2.18. The second-order valence-electron chi connectivity index (χ2n) is 6.45. The third-order valence-electron chi connectivity index (χ3n) is 4.53. The quantitative estimate of drug-likeness (QED) is 0.594. The summed E-state index contributed by atoms with van der Waals surface area (Å²) in [5, 5.41) is 0.104. The number of rotatable bonds is 5. The molecule has 1 aromatic carbocycles. The molecule has 26 heavy (non-hydrogen) atoms. The summed E-state index contributed by atoms with van der Waals surface area (Å²) in [7, 11) is -2.06. The van der Waals surface area contributed by atoms with Crippen LogP contribution in [-0.4, -0.2) is 27.9 Å². The van der Waals surface area contributed by atoms with E-state index in [1.54, 1.807) is 17.0 Å². The number of aryl methyl sites for hydroxylation is 1. The summed E-state index contributed by atoms with van der Waals surface area (Å²) < 4.78 is 30.2. The van der Waals surface area contributed by atoms with Gasteiger partial charge in [0.15, 0.2) is 0 Å². The van der Waals surface area contributed by atoms with Crippen molar-refractivity contribution in [2.45, 2.75) is 23.8 Å². The van der Waals surface area contributed by atoms with Gasteiger partial charge in [-0.05, 0) is 37.0 Å². The largest absolute Gasteiger partial charge is 0.337 e. The van der Waals surface area contributed by atoms with Crippen molar-refractivity contribution in [3.05, 3.63) is 57.3 Å². The number of imidazole rings is 1. The average molecular weight is 375 g/mol. The molecule has 3 aromatic rings. The average Bonchev–Trinajstić information content (AvgIpc) is 3.34. The highest BCUT2D eigenvalue weighted by atomic mass is 32.2. The number of hydrogen-bond acceptors (Lipinski definition) is 5. The van der Waals surface area contributed by atoms with Gasteiger partial charge in [-0.25, -0.2) is 22.9 Å². The molecule has 0 bridgehead atoms. The van der Waals surface area contributed by atoms with Crippen molar-refractivity contribution in [2.75, 3.05) is 0 Å². The molecule has 0 amide bonds. The summed E-state index contributed by atoms with van der Waals surface area (Å²) in [6, 6.07) is 3.61. The first-order chi connectivity index (χ1) is 12.3. The lowest BCUT2D eigenvalue weighted by Crippen LogP contribution is -2.32. The van der Waals surface area contributed by atoms with Gasteiger partial charge in [-0.3, -0.25) is 9.78 Å². The molecule has 0 radical (unpaired) electrons. The summed E-state index contributed by atoms with van der Waals surface area (Å²) in [6.07, 6.45) is 5.26. The van der Waals surface area contributed by atoms with Crippen molar-refractivity contribution in [1.29, 1.82) is 0 Å². The van der Waals surface area contributed by atoms with Gasteiger partial charge in [0.25, 0.3) is 5.56 Å². The van der Waals surface area contributed by atoms with Gasteiger partial charge in [0.1, 0.15) is 5.82 Å². The zero-order valence-corrected chi connectivity index (χ0v) is 14.7. The third kappa shape index (κ3) is 2.97. The van der Waals surface area contributed by atoms with Gasteiger partial charge in [-0.1, -0.05) is 0 Å². The Hall–Kier alpha value is -2.72. The summed E-state index contributed by atoms with van der Waals surface area (Å²) in [5.74, 6) is 0.852. The molecule has 0 aliphatic heterocycles. The van der Waals surface area contributed by atoms with Gasteiger partial charge in [-0.2, -0.15) is 0 Å². The van der Waals surface area contributed by atoms with Gasteiger partial charge in [0, 0.05) is 19.4 Å². The maximum Gasteiger partial charge on any atom is 0.326 e. The van der Waals surface area contributed by atoms with Crippen LogP contribution < -0.4 is 16.0 Å². The minimum atomic E-state index is -3.87. The Bertz CT molecular complexity index is 1200. The number of benzene rings is 1. The Balaban J connectivity index is 1.74. The van der Waals surface area contributed by atoms with E-state index in [1.807, 2.05) is 7.05 Å². The van der Waals surface area contributed by atoms with E-state index < -0.39 is 27.3 Å². The molecule has 136 valence electrons.